The van der Waals surface area contributed by atoms with Gasteiger partial charge in [0.05, 0.1) is 29.5 Å². The molecule has 0 aliphatic rings. The van der Waals surface area contributed by atoms with Gasteiger partial charge in [0.2, 0.25) is 0 Å². The zero-order valence-electron chi connectivity index (χ0n) is 22.8. The third-order valence-corrected chi connectivity index (χ3v) is 11.0. The molecule has 0 spiro atoms. The van der Waals surface area contributed by atoms with Crippen LogP contribution in [0.5, 0.6) is 5.75 Å². The molecule has 3 rings (SSSR count). The predicted octanol–water partition coefficient (Wildman–Crippen LogP) is 7.23. The molecule has 0 aliphatic heterocycles. The van der Waals surface area contributed by atoms with E-state index in [2.05, 4.69) is 38.8 Å². The van der Waals surface area contributed by atoms with Crippen LogP contribution in [0.4, 0.5) is 10.5 Å². The molecule has 1 heterocycles. The fraction of sp³-hybridized carbons (Fsp3) is 0.464. The Labute approximate surface area is 215 Å². The molecular formula is C28H39N3O4Si. The number of ether oxygens (including phenoxy) is 1. The second kappa shape index (κ2) is 10.6. The Kier molecular flexibility index (Phi) is 8.10. The highest BCUT2D eigenvalue weighted by Gasteiger charge is 2.36. The molecule has 0 bridgehead atoms. The van der Waals surface area contributed by atoms with Gasteiger partial charge in [-0.25, -0.2) is 9.78 Å². The Balaban J connectivity index is 1.68. The van der Waals surface area contributed by atoms with Crippen molar-refractivity contribution in [2.75, 3.05) is 24.7 Å². The molecule has 0 saturated heterocycles. The highest BCUT2D eigenvalue weighted by Crippen LogP contribution is 2.36. The number of rotatable bonds is 8. The molecular weight excluding hydrogens is 470 g/mol. The monoisotopic (exact) mass is 509 g/mol. The first kappa shape index (κ1) is 27.6. The van der Waals surface area contributed by atoms with E-state index >= 15 is 0 Å². The van der Waals surface area contributed by atoms with Crippen LogP contribution >= 0.6 is 0 Å². The van der Waals surface area contributed by atoms with Crippen molar-refractivity contribution in [1.29, 1.82) is 0 Å². The summed E-state index contributed by atoms with van der Waals surface area (Å²) in [5.74, 6) is 0.736. The number of carbonyl (C=O) groups is 1. The molecule has 0 radical (unpaired) electrons. The number of hydrogen-bond acceptors (Lipinski definition) is 5. The summed E-state index contributed by atoms with van der Waals surface area (Å²) in [6, 6.07) is 13.1. The molecule has 3 aromatic rings. The Morgan fingerprint density at radius 3 is 2.22 bits per heavy atom. The highest BCUT2D eigenvalue weighted by molar-refractivity contribution is 6.74. The van der Waals surface area contributed by atoms with Crippen molar-refractivity contribution >= 4 is 31.1 Å². The molecule has 194 valence electrons. The minimum absolute atomic E-state index is 0.152. The van der Waals surface area contributed by atoms with E-state index in [0.717, 1.165) is 28.0 Å². The lowest BCUT2D eigenvalue weighted by Crippen LogP contribution is -2.41. The van der Waals surface area contributed by atoms with Gasteiger partial charge in [-0.05, 0) is 47.8 Å². The third kappa shape index (κ3) is 7.04. The van der Waals surface area contributed by atoms with Crippen LogP contribution in [0.15, 0.2) is 48.7 Å². The quantitative estimate of drug-likeness (QED) is 0.255. The standard InChI is InChI=1S/C28H39N3O4Si/c1-27(2,3)19-31(26(32)33)21-11-9-20(10-12-21)25-18-29-24-17-22(13-14-23(24)30-25)34-15-16-35-36(7,8)28(4,5)6/h9-14,17-18H,15-16,19H2,1-8H3,(H,32,33). The molecule has 0 atom stereocenters. The molecule has 2 aromatic carbocycles. The lowest BCUT2D eigenvalue weighted by Gasteiger charge is -2.36. The SMILES string of the molecule is CC(C)(C)CN(C(=O)O)c1ccc(-c2cnc3cc(OCCO[Si](C)(C)C(C)(C)C)ccc3n2)cc1. The van der Waals surface area contributed by atoms with Crippen LogP contribution in [-0.2, 0) is 4.43 Å². The van der Waals surface area contributed by atoms with E-state index in [0.29, 0.717) is 25.4 Å². The fourth-order valence-electron chi connectivity index (χ4n) is 3.45. The Bertz CT molecular complexity index is 1200. The maximum absolute atomic E-state index is 11.8. The van der Waals surface area contributed by atoms with Crippen LogP contribution in [0.3, 0.4) is 0 Å². The van der Waals surface area contributed by atoms with E-state index in [1.165, 1.54) is 4.90 Å². The Morgan fingerprint density at radius 1 is 0.972 bits per heavy atom. The van der Waals surface area contributed by atoms with Gasteiger partial charge in [-0.3, -0.25) is 9.88 Å². The average Bonchev–Trinajstić information content (AvgIpc) is 2.78. The zero-order valence-corrected chi connectivity index (χ0v) is 23.8. The normalized spacial score (nSPS) is 12.6. The predicted molar refractivity (Wildman–Crippen MR) is 148 cm³/mol. The van der Waals surface area contributed by atoms with Crippen molar-refractivity contribution in [3.63, 3.8) is 0 Å². The van der Waals surface area contributed by atoms with Crippen LogP contribution in [0.25, 0.3) is 22.3 Å². The zero-order chi connectivity index (χ0) is 26.7. The summed E-state index contributed by atoms with van der Waals surface area (Å²) in [7, 11) is -1.79. The maximum Gasteiger partial charge on any atom is 0.411 e. The molecule has 7 nitrogen and oxygen atoms in total. The van der Waals surface area contributed by atoms with Crippen molar-refractivity contribution in [1.82, 2.24) is 9.97 Å². The van der Waals surface area contributed by atoms with Crippen LogP contribution in [0.2, 0.25) is 18.1 Å². The van der Waals surface area contributed by atoms with Crippen molar-refractivity contribution in [3.8, 4) is 17.0 Å². The van der Waals surface area contributed by atoms with Gasteiger partial charge in [-0.15, -0.1) is 0 Å². The summed E-state index contributed by atoms with van der Waals surface area (Å²) >= 11 is 0. The van der Waals surface area contributed by atoms with Gasteiger partial charge in [0.1, 0.15) is 12.4 Å². The number of hydrogen-bond donors (Lipinski definition) is 1. The molecule has 1 aromatic heterocycles. The van der Waals surface area contributed by atoms with Crippen molar-refractivity contribution < 1.29 is 19.1 Å². The molecule has 36 heavy (non-hydrogen) atoms. The maximum atomic E-state index is 11.8. The number of nitrogens with zero attached hydrogens (tertiary/aromatic N) is 3. The van der Waals surface area contributed by atoms with Crippen LogP contribution in [0.1, 0.15) is 41.5 Å². The number of anilines is 1. The number of aromatic nitrogens is 2. The van der Waals surface area contributed by atoms with Gasteiger partial charge in [-0.1, -0.05) is 53.7 Å². The Hall–Kier alpha value is -2.97. The smallest absolute Gasteiger partial charge is 0.411 e. The molecule has 0 unspecified atom stereocenters. The van der Waals surface area contributed by atoms with Crippen LogP contribution < -0.4 is 9.64 Å². The van der Waals surface area contributed by atoms with Gasteiger partial charge in [0.25, 0.3) is 0 Å². The minimum Gasteiger partial charge on any atom is -0.491 e. The van der Waals surface area contributed by atoms with Gasteiger partial charge in [0.15, 0.2) is 8.32 Å². The number of benzene rings is 2. The first-order chi connectivity index (χ1) is 16.7. The Morgan fingerprint density at radius 2 is 1.64 bits per heavy atom. The average molecular weight is 510 g/mol. The van der Waals surface area contributed by atoms with Crippen molar-refractivity contribution in [2.45, 2.75) is 59.7 Å². The van der Waals surface area contributed by atoms with Gasteiger partial charge in [-0.2, -0.15) is 0 Å². The largest absolute Gasteiger partial charge is 0.491 e. The summed E-state index contributed by atoms with van der Waals surface area (Å²) in [6.45, 7) is 18.6. The summed E-state index contributed by atoms with van der Waals surface area (Å²) in [5, 5.41) is 9.81. The molecule has 0 saturated carbocycles. The second-order valence-electron chi connectivity index (χ2n) is 11.8. The van der Waals surface area contributed by atoms with E-state index in [4.69, 9.17) is 14.1 Å². The second-order valence-corrected chi connectivity index (χ2v) is 16.6. The van der Waals surface area contributed by atoms with E-state index in [1.807, 2.05) is 63.2 Å². The fourth-order valence-corrected chi connectivity index (χ4v) is 4.47. The number of amides is 1. The van der Waals surface area contributed by atoms with Gasteiger partial charge >= 0.3 is 6.09 Å². The topological polar surface area (TPSA) is 84.8 Å². The highest BCUT2D eigenvalue weighted by atomic mass is 28.4. The molecule has 1 N–H and O–H groups in total. The van der Waals surface area contributed by atoms with Crippen LogP contribution in [-0.4, -0.2) is 49.2 Å². The molecule has 0 aliphatic carbocycles. The first-order valence-corrected chi connectivity index (χ1v) is 15.2. The molecule has 8 heteroatoms. The summed E-state index contributed by atoms with van der Waals surface area (Å²) < 4.78 is 12.1. The molecule has 0 fully saturated rings. The van der Waals surface area contributed by atoms with Crippen LogP contribution in [0, 0.1) is 5.41 Å². The summed E-state index contributed by atoms with van der Waals surface area (Å²) in [6.07, 6.45) is 0.763. The van der Waals surface area contributed by atoms with E-state index in [-0.39, 0.29) is 10.5 Å². The van der Waals surface area contributed by atoms with Crippen molar-refractivity contribution in [3.05, 3.63) is 48.7 Å². The van der Waals surface area contributed by atoms with Crippen molar-refractivity contribution in [2.24, 2.45) is 5.41 Å². The van der Waals surface area contributed by atoms with E-state index < -0.39 is 14.4 Å². The number of carboxylic acid groups (broad SMARTS) is 1. The van der Waals surface area contributed by atoms with Gasteiger partial charge < -0.3 is 14.3 Å². The molecule has 1 amide bonds. The third-order valence-electron chi connectivity index (χ3n) is 6.47. The minimum atomic E-state index is -1.79. The van der Waals surface area contributed by atoms with Gasteiger partial charge in [0, 0.05) is 23.9 Å². The summed E-state index contributed by atoms with van der Waals surface area (Å²) in [5.41, 5.74) is 3.60. The lowest BCUT2D eigenvalue weighted by molar-refractivity contribution is 0.198. The van der Waals surface area contributed by atoms with E-state index in [1.54, 1.807) is 6.20 Å². The lowest BCUT2D eigenvalue weighted by atomic mass is 9.96. The van der Waals surface area contributed by atoms with E-state index in [9.17, 15) is 9.90 Å². The first-order valence-electron chi connectivity index (χ1n) is 12.3. The number of fused-ring (bicyclic) bond motifs is 1. The summed E-state index contributed by atoms with van der Waals surface area (Å²) in [4.78, 5) is 22.5.